The van der Waals surface area contributed by atoms with Crippen LogP contribution in [0.1, 0.15) is 29.5 Å². The number of hydrogen-bond acceptors (Lipinski definition) is 5. The molecule has 2 aliphatic rings. The Morgan fingerprint density at radius 1 is 1.33 bits per heavy atom. The molecule has 0 saturated heterocycles. The largest absolute Gasteiger partial charge is 0.494 e. The van der Waals surface area contributed by atoms with Crippen molar-refractivity contribution in [3.63, 3.8) is 0 Å². The minimum Gasteiger partial charge on any atom is -0.494 e. The van der Waals surface area contributed by atoms with Crippen LogP contribution in [0.15, 0.2) is 48.8 Å². The molecule has 1 aromatic carbocycles. The highest BCUT2D eigenvalue weighted by Crippen LogP contribution is 2.53. The van der Waals surface area contributed by atoms with Gasteiger partial charge in [0.2, 0.25) is 0 Å². The highest BCUT2D eigenvalue weighted by molar-refractivity contribution is 5.71. The maximum atomic E-state index is 11.2. The molecule has 6 nitrogen and oxygen atoms in total. The molecule has 1 aromatic heterocycles. The minimum atomic E-state index is -0.370. The van der Waals surface area contributed by atoms with Crippen molar-refractivity contribution in [3.8, 4) is 5.75 Å². The number of non-ortho nitro benzene ring substituents is 1. The zero-order valence-corrected chi connectivity index (χ0v) is 13.2. The second-order valence-electron chi connectivity index (χ2n) is 6.13. The van der Waals surface area contributed by atoms with Gasteiger partial charge in [-0.3, -0.25) is 15.1 Å². The molecule has 4 rings (SSSR count). The van der Waals surface area contributed by atoms with Gasteiger partial charge in [-0.1, -0.05) is 12.2 Å². The van der Waals surface area contributed by atoms with E-state index in [4.69, 9.17) is 4.74 Å². The first-order chi connectivity index (χ1) is 11.7. The third-order valence-corrected chi connectivity index (χ3v) is 4.91. The van der Waals surface area contributed by atoms with E-state index in [1.807, 2.05) is 12.1 Å². The summed E-state index contributed by atoms with van der Waals surface area (Å²) in [6.07, 6.45) is 8.83. The summed E-state index contributed by atoms with van der Waals surface area (Å²) in [6.45, 7) is 0. The first-order valence-electron chi connectivity index (χ1n) is 7.88. The molecule has 2 aromatic rings. The molecule has 0 amide bonds. The Morgan fingerprint density at radius 3 is 2.83 bits per heavy atom. The number of nitrogens with one attached hydrogen (secondary N) is 1. The zero-order chi connectivity index (χ0) is 16.7. The van der Waals surface area contributed by atoms with E-state index in [2.05, 4.69) is 22.5 Å². The molecule has 3 unspecified atom stereocenters. The summed E-state index contributed by atoms with van der Waals surface area (Å²) in [5.41, 5.74) is 3.01. The van der Waals surface area contributed by atoms with Crippen LogP contribution in [-0.4, -0.2) is 17.0 Å². The third-order valence-electron chi connectivity index (χ3n) is 4.91. The van der Waals surface area contributed by atoms with Crippen LogP contribution in [-0.2, 0) is 0 Å². The molecule has 24 heavy (non-hydrogen) atoms. The van der Waals surface area contributed by atoms with E-state index in [9.17, 15) is 10.1 Å². The average molecular weight is 323 g/mol. The molecule has 0 radical (unpaired) electrons. The first-order valence-corrected chi connectivity index (χ1v) is 7.88. The number of anilines is 1. The lowest BCUT2D eigenvalue weighted by Crippen LogP contribution is -2.29. The van der Waals surface area contributed by atoms with Crippen molar-refractivity contribution in [2.24, 2.45) is 5.92 Å². The SMILES string of the molecule is COc1cc([N+](=O)[O-])cc2c1NC(c1ccncc1)C1CC=CC21. The maximum absolute atomic E-state index is 11.2. The predicted octanol–water partition coefficient (Wildman–Crippen LogP) is 3.82. The van der Waals surface area contributed by atoms with Crippen molar-refractivity contribution in [1.82, 2.24) is 4.98 Å². The lowest BCUT2D eigenvalue weighted by atomic mass is 9.77. The number of nitrogens with zero attached hydrogens (tertiary/aromatic N) is 2. The van der Waals surface area contributed by atoms with E-state index in [0.29, 0.717) is 11.7 Å². The summed E-state index contributed by atoms with van der Waals surface area (Å²) in [5, 5.41) is 14.8. The van der Waals surface area contributed by atoms with E-state index < -0.39 is 0 Å². The number of ether oxygens (including phenoxy) is 1. The van der Waals surface area contributed by atoms with Crippen LogP contribution < -0.4 is 10.1 Å². The van der Waals surface area contributed by atoms with Gasteiger partial charge in [0, 0.05) is 24.4 Å². The van der Waals surface area contributed by atoms with Gasteiger partial charge in [0.25, 0.3) is 5.69 Å². The van der Waals surface area contributed by atoms with Gasteiger partial charge < -0.3 is 10.1 Å². The maximum Gasteiger partial charge on any atom is 0.273 e. The van der Waals surface area contributed by atoms with Crippen LogP contribution in [0.5, 0.6) is 5.75 Å². The molecule has 0 bridgehead atoms. The second kappa shape index (κ2) is 5.63. The van der Waals surface area contributed by atoms with E-state index in [0.717, 1.165) is 23.2 Å². The zero-order valence-electron chi connectivity index (χ0n) is 13.2. The highest BCUT2D eigenvalue weighted by atomic mass is 16.6. The van der Waals surface area contributed by atoms with E-state index in [-0.39, 0.29) is 22.6 Å². The molecule has 1 aliphatic heterocycles. The number of benzene rings is 1. The smallest absolute Gasteiger partial charge is 0.273 e. The Labute approximate surface area is 139 Å². The Kier molecular flexibility index (Phi) is 3.45. The Bertz CT molecular complexity index is 820. The number of hydrogen-bond donors (Lipinski definition) is 1. The summed E-state index contributed by atoms with van der Waals surface area (Å²) in [5.74, 6) is 0.983. The van der Waals surface area contributed by atoms with Crippen LogP contribution in [0.25, 0.3) is 0 Å². The van der Waals surface area contributed by atoms with Gasteiger partial charge in [0.15, 0.2) is 0 Å². The number of allylic oxidation sites excluding steroid dienone is 2. The number of pyridine rings is 1. The normalized spacial score (nSPS) is 24.0. The van der Waals surface area contributed by atoms with Crippen molar-refractivity contribution in [2.75, 3.05) is 12.4 Å². The molecular weight excluding hydrogens is 306 g/mol. The number of nitro benzene ring substituents is 1. The van der Waals surface area contributed by atoms with Gasteiger partial charge in [0.1, 0.15) is 5.75 Å². The fraction of sp³-hybridized carbons (Fsp3) is 0.278. The second-order valence-corrected chi connectivity index (χ2v) is 6.13. The van der Waals surface area contributed by atoms with Crippen LogP contribution in [0.4, 0.5) is 11.4 Å². The summed E-state index contributed by atoms with van der Waals surface area (Å²) in [4.78, 5) is 15.0. The predicted molar refractivity (Wildman–Crippen MR) is 90.2 cm³/mol. The molecule has 122 valence electrons. The monoisotopic (exact) mass is 323 g/mol. The number of rotatable bonds is 3. The Morgan fingerprint density at radius 2 is 2.12 bits per heavy atom. The number of aromatic nitrogens is 1. The molecule has 1 N–H and O–H groups in total. The van der Waals surface area contributed by atoms with Crippen LogP contribution >= 0.6 is 0 Å². The van der Waals surface area contributed by atoms with Gasteiger partial charge in [-0.2, -0.15) is 0 Å². The van der Waals surface area contributed by atoms with Crippen molar-refractivity contribution in [2.45, 2.75) is 18.4 Å². The van der Waals surface area contributed by atoms with E-state index in [1.54, 1.807) is 25.6 Å². The average Bonchev–Trinajstić information content (AvgIpc) is 3.10. The van der Waals surface area contributed by atoms with E-state index >= 15 is 0 Å². The highest BCUT2D eigenvalue weighted by Gasteiger charge is 2.40. The van der Waals surface area contributed by atoms with Gasteiger partial charge in [0.05, 0.1) is 29.8 Å². The topological polar surface area (TPSA) is 77.3 Å². The van der Waals surface area contributed by atoms with E-state index in [1.165, 1.54) is 6.07 Å². The summed E-state index contributed by atoms with van der Waals surface area (Å²) in [7, 11) is 1.54. The molecule has 6 heteroatoms. The summed E-state index contributed by atoms with van der Waals surface area (Å²) in [6, 6.07) is 7.29. The third kappa shape index (κ3) is 2.22. The summed E-state index contributed by atoms with van der Waals surface area (Å²) >= 11 is 0. The minimum absolute atomic E-state index is 0.0637. The quantitative estimate of drug-likeness (QED) is 0.528. The summed E-state index contributed by atoms with van der Waals surface area (Å²) < 4.78 is 5.43. The van der Waals surface area contributed by atoms with Crippen molar-refractivity contribution in [1.29, 1.82) is 0 Å². The Hall–Kier alpha value is -2.89. The van der Waals surface area contributed by atoms with Crippen LogP contribution in [0, 0.1) is 16.0 Å². The Balaban J connectivity index is 1.86. The molecule has 3 atom stereocenters. The van der Waals surface area contributed by atoms with Crippen molar-refractivity contribution < 1.29 is 9.66 Å². The molecule has 0 fully saturated rings. The van der Waals surface area contributed by atoms with Crippen molar-refractivity contribution in [3.05, 3.63) is 70.1 Å². The van der Waals surface area contributed by atoms with Crippen LogP contribution in [0.3, 0.4) is 0 Å². The molecule has 1 aliphatic carbocycles. The molecule has 0 spiro atoms. The van der Waals surface area contributed by atoms with Crippen LogP contribution in [0.2, 0.25) is 0 Å². The van der Waals surface area contributed by atoms with Gasteiger partial charge in [-0.05, 0) is 35.6 Å². The van der Waals surface area contributed by atoms with Gasteiger partial charge in [-0.15, -0.1) is 0 Å². The van der Waals surface area contributed by atoms with Gasteiger partial charge in [-0.25, -0.2) is 0 Å². The molecule has 2 heterocycles. The van der Waals surface area contributed by atoms with Gasteiger partial charge >= 0.3 is 0 Å². The number of methoxy groups -OCH3 is 1. The molecule has 0 saturated carbocycles. The van der Waals surface area contributed by atoms with Crippen molar-refractivity contribution >= 4 is 11.4 Å². The fourth-order valence-corrected chi connectivity index (χ4v) is 3.82. The standard InChI is InChI=1S/C18H17N3O3/c1-24-16-10-12(21(22)23)9-15-13-3-2-4-14(13)17(20-18(15)16)11-5-7-19-8-6-11/h2-3,5-10,13-14,17,20H,4H2,1H3. The lowest BCUT2D eigenvalue weighted by Gasteiger charge is -2.37. The lowest BCUT2D eigenvalue weighted by molar-refractivity contribution is -0.385. The fourth-order valence-electron chi connectivity index (χ4n) is 3.82. The molecular formula is C18H17N3O3. The number of fused-ring (bicyclic) bond motifs is 3. The first kappa shape index (κ1) is 14.7. The number of nitro groups is 1.